The first-order valence-corrected chi connectivity index (χ1v) is 14.1. The highest BCUT2D eigenvalue weighted by Gasteiger charge is 2.34. The quantitative estimate of drug-likeness (QED) is 0.472. The van der Waals surface area contributed by atoms with Gasteiger partial charge in [0.1, 0.15) is 22.7 Å². The predicted molar refractivity (Wildman–Crippen MR) is 151 cm³/mol. The van der Waals surface area contributed by atoms with Crippen LogP contribution in [0, 0.1) is 11.7 Å². The molecule has 0 aromatic carbocycles. The van der Waals surface area contributed by atoms with Crippen LogP contribution in [0.3, 0.4) is 0 Å². The average molecular weight is 583 g/mol. The largest absolute Gasteiger partial charge is 0.482 e. The second-order valence-corrected chi connectivity index (χ2v) is 11.6. The number of aryl methyl sites for hydroxylation is 2. The number of halogens is 3. The number of nitrogens with zero attached hydrogens (tertiary/aromatic N) is 4. The minimum absolute atomic E-state index is 0.0911. The first kappa shape index (κ1) is 27.5. The molecule has 2 atom stereocenters. The fourth-order valence-corrected chi connectivity index (χ4v) is 6.16. The van der Waals surface area contributed by atoms with Gasteiger partial charge in [0.2, 0.25) is 0 Å². The Bertz CT molecular complexity index is 1740. The third-order valence-corrected chi connectivity index (χ3v) is 8.34. The standard InChI is InChI=1S/C30H29ClF2N4O4/c1-30(2,40)20-8-5-11-36(28(20)38)27-24(33)26-17(14-35-27)6-3-4-7-19-13-22(23(31)29(39)37(19)26)41-21-10-9-16-12-18(32)15-34-25(16)21/h5,8,11-13,15,17,21,40H,3-4,6-7,9-10,14H2,1-2H3/t17-,21?/m0/s1. The van der Waals surface area contributed by atoms with E-state index in [9.17, 15) is 19.1 Å². The van der Waals surface area contributed by atoms with Crippen LogP contribution in [0.4, 0.5) is 8.78 Å². The number of rotatable bonds is 3. The van der Waals surface area contributed by atoms with Crippen molar-refractivity contribution in [1.29, 1.82) is 0 Å². The Hall–Kier alpha value is -3.63. The van der Waals surface area contributed by atoms with Crippen LogP contribution in [0.25, 0.3) is 5.70 Å². The first-order chi connectivity index (χ1) is 19.5. The monoisotopic (exact) mass is 582 g/mol. The number of aliphatic hydroxyl groups is 1. The van der Waals surface area contributed by atoms with Gasteiger partial charge in [-0.2, -0.15) is 0 Å². The number of fused-ring (bicyclic) bond motifs is 4. The lowest BCUT2D eigenvalue weighted by molar-refractivity contribution is 0.0768. The van der Waals surface area contributed by atoms with Gasteiger partial charge in [0.15, 0.2) is 11.7 Å². The summed E-state index contributed by atoms with van der Waals surface area (Å²) in [5, 5.41) is 10.3. The highest BCUT2D eigenvalue weighted by atomic mass is 35.5. The van der Waals surface area contributed by atoms with E-state index >= 15 is 4.39 Å². The van der Waals surface area contributed by atoms with Crippen LogP contribution >= 0.6 is 11.6 Å². The van der Waals surface area contributed by atoms with E-state index < -0.39 is 40.4 Å². The molecule has 1 N–H and O–H groups in total. The second kappa shape index (κ2) is 10.3. The molecule has 1 aliphatic carbocycles. The van der Waals surface area contributed by atoms with Crippen molar-refractivity contribution in [2.24, 2.45) is 10.9 Å². The van der Waals surface area contributed by atoms with Gasteiger partial charge in [-0.05, 0) is 69.7 Å². The minimum Gasteiger partial charge on any atom is -0.482 e. The normalized spacial score (nSPS) is 20.5. The van der Waals surface area contributed by atoms with Crippen molar-refractivity contribution in [2.75, 3.05) is 6.54 Å². The van der Waals surface area contributed by atoms with E-state index in [1.165, 1.54) is 36.7 Å². The van der Waals surface area contributed by atoms with Crippen LogP contribution in [0.2, 0.25) is 5.02 Å². The van der Waals surface area contributed by atoms with Crippen molar-refractivity contribution in [1.82, 2.24) is 14.1 Å². The summed E-state index contributed by atoms with van der Waals surface area (Å²) >= 11 is 6.59. The van der Waals surface area contributed by atoms with Crippen LogP contribution in [0.15, 0.2) is 57.1 Å². The predicted octanol–water partition coefficient (Wildman–Crippen LogP) is 4.93. The molecule has 2 aliphatic heterocycles. The van der Waals surface area contributed by atoms with Crippen LogP contribution < -0.4 is 15.9 Å². The lowest BCUT2D eigenvalue weighted by atomic mass is 9.91. The lowest BCUT2D eigenvalue weighted by Crippen LogP contribution is -2.38. The summed E-state index contributed by atoms with van der Waals surface area (Å²) in [6.07, 6.45) is 5.83. The van der Waals surface area contributed by atoms with Crippen molar-refractivity contribution in [3.8, 4) is 5.75 Å². The summed E-state index contributed by atoms with van der Waals surface area (Å²) in [6.45, 7) is 3.14. The van der Waals surface area contributed by atoms with E-state index in [0.717, 1.165) is 29.2 Å². The van der Waals surface area contributed by atoms with Crippen LogP contribution in [0.1, 0.15) is 68.1 Å². The Morgan fingerprint density at radius 3 is 2.71 bits per heavy atom. The molecule has 0 saturated carbocycles. The molecule has 0 radical (unpaired) electrons. The highest BCUT2D eigenvalue weighted by molar-refractivity contribution is 6.31. The molecule has 8 nitrogen and oxygen atoms in total. The summed E-state index contributed by atoms with van der Waals surface area (Å²) in [5.41, 5.74) is -0.566. The third kappa shape index (κ3) is 4.82. The van der Waals surface area contributed by atoms with E-state index in [1.54, 1.807) is 12.1 Å². The van der Waals surface area contributed by atoms with Gasteiger partial charge in [-0.1, -0.05) is 18.0 Å². The van der Waals surface area contributed by atoms with Crippen LogP contribution in [-0.2, 0) is 18.4 Å². The topological polar surface area (TPSA) is 98.7 Å². The van der Waals surface area contributed by atoms with Gasteiger partial charge in [-0.15, -0.1) is 0 Å². The van der Waals surface area contributed by atoms with Gasteiger partial charge < -0.3 is 9.84 Å². The van der Waals surface area contributed by atoms with E-state index in [4.69, 9.17) is 16.3 Å². The SMILES string of the molecule is CC(C)(O)c1cccn(C2=NC[C@@H]3CCCCc4cc(OC5CCc6cc(F)cnc65)c(Cl)c(=O)n4C3=C2F)c1=O. The molecule has 6 rings (SSSR count). The molecule has 1 unspecified atom stereocenters. The van der Waals surface area contributed by atoms with Gasteiger partial charge >= 0.3 is 0 Å². The van der Waals surface area contributed by atoms with Gasteiger partial charge in [0, 0.05) is 36.0 Å². The summed E-state index contributed by atoms with van der Waals surface area (Å²) < 4.78 is 38.7. The Kier molecular flexibility index (Phi) is 6.94. The minimum atomic E-state index is -1.45. The average Bonchev–Trinajstić information content (AvgIpc) is 3.30. The molecule has 0 bridgehead atoms. The van der Waals surface area contributed by atoms with Crippen molar-refractivity contribution in [3.63, 3.8) is 0 Å². The zero-order valence-electron chi connectivity index (χ0n) is 22.7. The number of hydrogen-bond acceptors (Lipinski definition) is 6. The first-order valence-electron chi connectivity index (χ1n) is 13.7. The van der Waals surface area contributed by atoms with Gasteiger partial charge in [0.25, 0.3) is 11.1 Å². The smallest absolute Gasteiger partial charge is 0.277 e. The number of aliphatic imine (C=N–C) groups is 1. The fourth-order valence-electron chi connectivity index (χ4n) is 5.98. The van der Waals surface area contributed by atoms with Crippen LogP contribution in [-0.4, -0.2) is 31.6 Å². The van der Waals surface area contributed by atoms with E-state index in [-0.39, 0.29) is 34.4 Å². The summed E-state index contributed by atoms with van der Waals surface area (Å²) in [7, 11) is 0. The maximum atomic E-state index is 16.5. The number of pyridine rings is 3. The molecular weight excluding hydrogens is 554 g/mol. The molecule has 0 spiro atoms. The van der Waals surface area contributed by atoms with Gasteiger partial charge in [-0.25, -0.2) is 8.78 Å². The molecule has 11 heteroatoms. The maximum absolute atomic E-state index is 16.5. The van der Waals surface area contributed by atoms with Crippen molar-refractivity contribution < 1.29 is 18.6 Å². The Morgan fingerprint density at radius 2 is 1.93 bits per heavy atom. The van der Waals surface area contributed by atoms with Crippen molar-refractivity contribution in [2.45, 2.75) is 64.1 Å². The highest BCUT2D eigenvalue weighted by Crippen LogP contribution is 2.39. The number of aromatic nitrogens is 3. The Morgan fingerprint density at radius 1 is 1.12 bits per heavy atom. The molecule has 0 fully saturated rings. The molecule has 0 saturated heterocycles. The number of dihydropyridines is 1. The van der Waals surface area contributed by atoms with Crippen molar-refractivity contribution in [3.05, 3.63) is 96.5 Å². The summed E-state index contributed by atoms with van der Waals surface area (Å²) in [6, 6.07) is 6.13. The van der Waals surface area contributed by atoms with Crippen molar-refractivity contribution >= 4 is 23.1 Å². The van der Waals surface area contributed by atoms with Gasteiger partial charge in [0.05, 0.1) is 23.2 Å². The fraction of sp³-hybridized carbons (Fsp3) is 0.400. The zero-order chi connectivity index (χ0) is 29.1. The molecule has 0 amide bonds. The molecule has 3 aromatic heterocycles. The Balaban J connectivity index is 1.45. The second-order valence-electron chi connectivity index (χ2n) is 11.3. The van der Waals surface area contributed by atoms with Crippen LogP contribution in [0.5, 0.6) is 5.75 Å². The maximum Gasteiger partial charge on any atom is 0.277 e. The molecular formula is C30H29ClF2N4O4. The molecule has 5 heterocycles. The summed E-state index contributed by atoms with van der Waals surface area (Å²) in [4.78, 5) is 35.6. The number of hydrogen-bond donors (Lipinski definition) is 1. The molecule has 3 aliphatic rings. The van der Waals surface area contributed by atoms with Gasteiger partial charge in [-0.3, -0.25) is 28.7 Å². The van der Waals surface area contributed by atoms with E-state index in [1.807, 2.05) is 0 Å². The number of ether oxygens (including phenoxy) is 1. The Labute approximate surface area is 239 Å². The molecule has 214 valence electrons. The summed E-state index contributed by atoms with van der Waals surface area (Å²) in [5.74, 6) is -1.66. The zero-order valence-corrected chi connectivity index (χ0v) is 23.4. The molecule has 3 aromatic rings. The van der Waals surface area contributed by atoms with E-state index in [0.29, 0.717) is 37.1 Å². The van der Waals surface area contributed by atoms with E-state index in [2.05, 4.69) is 9.98 Å². The lowest BCUT2D eigenvalue weighted by Gasteiger charge is -2.30. The molecule has 41 heavy (non-hydrogen) atoms. The third-order valence-electron chi connectivity index (χ3n) is 7.99. The number of allylic oxidation sites excluding steroid dienone is 1.